The van der Waals surface area contributed by atoms with E-state index in [2.05, 4.69) is 5.32 Å². The topological polar surface area (TPSA) is 79.2 Å². The predicted octanol–water partition coefficient (Wildman–Crippen LogP) is 3.17. The molecule has 0 aliphatic rings. The van der Waals surface area contributed by atoms with E-state index >= 15 is 0 Å². The van der Waals surface area contributed by atoms with E-state index in [-0.39, 0.29) is 5.78 Å². The zero-order valence-corrected chi connectivity index (χ0v) is 12.9. The van der Waals surface area contributed by atoms with Crippen molar-refractivity contribution in [2.75, 3.05) is 5.32 Å². The largest absolute Gasteiger partial charge is 0.480 e. The lowest BCUT2D eigenvalue weighted by atomic mass is 10.1. The van der Waals surface area contributed by atoms with Crippen molar-refractivity contribution in [1.29, 1.82) is 5.26 Å². The molecule has 116 valence electrons. The zero-order chi connectivity index (χ0) is 16.8. The number of nitriles is 1. The molecule has 0 spiro atoms. The molecule has 0 saturated carbocycles. The van der Waals surface area contributed by atoms with Crippen molar-refractivity contribution >= 4 is 17.4 Å². The molecule has 0 aliphatic heterocycles. The maximum Gasteiger partial charge on any atom is 0.265 e. The minimum atomic E-state index is -0.815. The van der Waals surface area contributed by atoms with E-state index in [0.29, 0.717) is 22.6 Å². The third kappa shape index (κ3) is 3.95. The Balaban J connectivity index is 2.12. The van der Waals surface area contributed by atoms with E-state index in [0.717, 1.165) is 0 Å². The molecule has 0 fully saturated rings. The highest BCUT2D eigenvalue weighted by Crippen LogP contribution is 2.20. The molecule has 0 aromatic heterocycles. The Morgan fingerprint density at radius 2 is 1.78 bits per heavy atom. The smallest absolute Gasteiger partial charge is 0.265 e. The molecule has 1 amide bonds. The van der Waals surface area contributed by atoms with E-state index in [4.69, 9.17) is 10.00 Å². The molecule has 2 rings (SSSR count). The second-order valence-corrected chi connectivity index (χ2v) is 4.96. The summed E-state index contributed by atoms with van der Waals surface area (Å²) in [5.41, 5.74) is 1.23. The fraction of sp³-hybridized carbons (Fsp3) is 0.167. The normalized spacial score (nSPS) is 11.2. The molecule has 0 aliphatic carbocycles. The number of nitrogens with one attached hydrogen (secondary N) is 1. The Hall–Kier alpha value is -3.13. The van der Waals surface area contributed by atoms with E-state index in [1.807, 2.05) is 6.07 Å². The van der Waals surface area contributed by atoms with Crippen LogP contribution >= 0.6 is 0 Å². The average Bonchev–Trinajstić information content (AvgIpc) is 2.55. The van der Waals surface area contributed by atoms with Gasteiger partial charge in [-0.3, -0.25) is 9.59 Å². The van der Waals surface area contributed by atoms with Crippen LogP contribution in [0.5, 0.6) is 5.75 Å². The van der Waals surface area contributed by atoms with Crippen molar-refractivity contribution < 1.29 is 14.3 Å². The average molecular weight is 308 g/mol. The van der Waals surface area contributed by atoms with Gasteiger partial charge < -0.3 is 10.1 Å². The molecule has 1 unspecified atom stereocenters. The van der Waals surface area contributed by atoms with E-state index < -0.39 is 12.0 Å². The maximum atomic E-state index is 12.3. The van der Waals surface area contributed by atoms with E-state index in [1.165, 1.54) is 6.92 Å². The highest BCUT2D eigenvalue weighted by molar-refractivity contribution is 6.04. The lowest BCUT2D eigenvalue weighted by molar-refractivity contribution is -0.122. The fourth-order valence-electron chi connectivity index (χ4n) is 2.04. The second kappa shape index (κ2) is 7.23. The molecule has 1 atom stereocenters. The first-order chi connectivity index (χ1) is 11.0. The number of hydrogen-bond acceptors (Lipinski definition) is 4. The minimum absolute atomic E-state index is 0.135. The van der Waals surface area contributed by atoms with E-state index in [9.17, 15) is 9.59 Å². The predicted molar refractivity (Wildman–Crippen MR) is 86.3 cm³/mol. The number of hydrogen-bond donors (Lipinski definition) is 1. The van der Waals surface area contributed by atoms with Crippen LogP contribution in [0.3, 0.4) is 0 Å². The van der Waals surface area contributed by atoms with Crippen LogP contribution < -0.4 is 10.1 Å². The van der Waals surface area contributed by atoms with Gasteiger partial charge in [0.25, 0.3) is 5.91 Å². The summed E-state index contributed by atoms with van der Waals surface area (Å²) >= 11 is 0. The molecule has 0 heterocycles. The number of carbonyl (C=O) groups is 2. The Bertz CT molecular complexity index is 778. The van der Waals surface area contributed by atoms with Crippen LogP contribution in [0.25, 0.3) is 0 Å². The number of nitrogens with zero attached hydrogens (tertiary/aromatic N) is 1. The van der Waals surface area contributed by atoms with Gasteiger partial charge in [0.05, 0.1) is 11.3 Å². The van der Waals surface area contributed by atoms with Gasteiger partial charge in [-0.1, -0.05) is 24.3 Å². The van der Waals surface area contributed by atoms with Crippen LogP contribution in [0.15, 0.2) is 48.5 Å². The molecule has 2 aromatic rings. The van der Waals surface area contributed by atoms with Crippen molar-refractivity contribution in [3.05, 3.63) is 59.7 Å². The molecular weight excluding hydrogens is 292 g/mol. The quantitative estimate of drug-likeness (QED) is 0.860. The van der Waals surface area contributed by atoms with Gasteiger partial charge in [-0.2, -0.15) is 5.26 Å². The van der Waals surface area contributed by atoms with Gasteiger partial charge in [0, 0.05) is 5.56 Å². The molecule has 0 radical (unpaired) electrons. The molecule has 2 aromatic carbocycles. The van der Waals surface area contributed by atoms with Gasteiger partial charge in [-0.25, -0.2) is 0 Å². The summed E-state index contributed by atoms with van der Waals surface area (Å²) in [6.07, 6.45) is -0.815. The summed E-state index contributed by atoms with van der Waals surface area (Å²) in [4.78, 5) is 23.8. The molecule has 5 heteroatoms. The summed E-state index contributed by atoms with van der Waals surface area (Å²) in [5, 5.41) is 11.7. The van der Waals surface area contributed by atoms with Crippen LogP contribution in [0.2, 0.25) is 0 Å². The molecular formula is C18H16N2O3. The van der Waals surface area contributed by atoms with Crippen molar-refractivity contribution in [2.45, 2.75) is 20.0 Å². The molecule has 1 N–H and O–H groups in total. The summed E-state index contributed by atoms with van der Waals surface area (Å²) < 4.78 is 5.55. The number of para-hydroxylation sites is 2. The first-order valence-corrected chi connectivity index (χ1v) is 7.09. The zero-order valence-electron chi connectivity index (χ0n) is 12.9. The molecule has 0 bridgehead atoms. The van der Waals surface area contributed by atoms with Crippen LogP contribution in [-0.4, -0.2) is 17.8 Å². The SMILES string of the molecule is CC(=O)c1ccccc1NC(=O)C(C)Oc1ccccc1C#N. The number of amides is 1. The number of carbonyl (C=O) groups excluding carboxylic acids is 2. The second-order valence-electron chi connectivity index (χ2n) is 4.96. The van der Waals surface area contributed by atoms with Gasteiger partial charge in [-0.05, 0) is 38.1 Å². The molecule has 0 saturated heterocycles. The first-order valence-electron chi connectivity index (χ1n) is 7.09. The Morgan fingerprint density at radius 3 is 2.48 bits per heavy atom. The van der Waals surface area contributed by atoms with Crippen LogP contribution in [0.1, 0.15) is 29.8 Å². The standard InChI is InChI=1S/C18H16N2O3/c1-12(21)15-8-4-5-9-16(15)20-18(22)13(2)23-17-10-6-3-7-14(17)11-19/h3-10,13H,1-2H3,(H,20,22). The van der Waals surface area contributed by atoms with Gasteiger partial charge in [0.15, 0.2) is 11.9 Å². The molecule has 23 heavy (non-hydrogen) atoms. The van der Waals surface area contributed by atoms with Crippen molar-refractivity contribution in [1.82, 2.24) is 0 Å². The number of Topliss-reactive ketones (excluding diaryl/α,β-unsaturated/α-hetero) is 1. The Morgan fingerprint density at radius 1 is 1.13 bits per heavy atom. The number of benzene rings is 2. The monoisotopic (exact) mass is 308 g/mol. The van der Waals surface area contributed by atoms with Crippen molar-refractivity contribution in [3.8, 4) is 11.8 Å². The van der Waals surface area contributed by atoms with Crippen LogP contribution in [0, 0.1) is 11.3 Å². The number of rotatable bonds is 5. The van der Waals surface area contributed by atoms with Gasteiger partial charge in [0.1, 0.15) is 11.8 Å². The Labute approximate surface area is 134 Å². The number of ketones is 1. The van der Waals surface area contributed by atoms with E-state index in [1.54, 1.807) is 55.5 Å². The fourth-order valence-corrected chi connectivity index (χ4v) is 2.04. The van der Waals surface area contributed by atoms with Gasteiger partial charge >= 0.3 is 0 Å². The van der Waals surface area contributed by atoms with Gasteiger partial charge in [0.2, 0.25) is 0 Å². The third-order valence-corrected chi connectivity index (χ3v) is 3.24. The number of ether oxygens (including phenoxy) is 1. The van der Waals surface area contributed by atoms with Crippen molar-refractivity contribution in [2.24, 2.45) is 0 Å². The number of anilines is 1. The summed E-state index contributed by atoms with van der Waals surface area (Å²) in [5.74, 6) is -0.187. The van der Waals surface area contributed by atoms with Gasteiger partial charge in [-0.15, -0.1) is 0 Å². The van der Waals surface area contributed by atoms with Crippen LogP contribution in [0.4, 0.5) is 5.69 Å². The van der Waals surface area contributed by atoms with Crippen molar-refractivity contribution in [3.63, 3.8) is 0 Å². The minimum Gasteiger partial charge on any atom is -0.480 e. The summed E-state index contributed by atoms with van der Waals surface area (Å²) in [6.45, 7) is 3.02. The third-order valence-electron chi connectivity index (χ3n) is 3.24. The summed E-state index contributed by atoms with van der Waals surface area (Å²) in [6, 6.07) is 15.5. The van der Waals surface area contributed by atoms with Crippen LogP contribution in [-0.2, 0) is 4.79 Å². The molecule has 5 nitrogen and oxygen atoms in total. The lowest BCUT2D eigenvalue weighted by Gasteiger charge is -2.16. The highest BCUT2D eigenvalue weighted by atomic mass is 16.5. The highest BCUT2D eigenvalue weighted by Gasteiger charge is 2.18. The Kier molecular flexibility index (Phi) is 5.11. The summed E-state index contributed by atoms with van der Waals surface area (Å²) in [7, 11) is 0. The maximum absolute atomic E-state index is 12.3. The first kappa shape index (κ1) is 16.2. The lowest BCUT2D eigenvalue weighted by Crippen LogP contribution is -2.30.